The van der Waals surface area contributed by atoms with E-state index in [0.717, 1.165) is 5.56 Å². The molecule has 1 fully saturated rings. The van der Waals surface area contributed by atoms with Gasteiger partial charge in [0.05, 0.1) is 7.11 Å². The Morgan fingerprint density at radius 3 is 2.70 bits per heavy atom. The number of hydrogen-bond donors (Lipinski definition) is 1. The van der Waals surface area contributed by atoms with Crippen molar-refractivity contribution in [3.63, 3.8) is 0 Å². The number of ether oxygens (including phenoxy) is 2. The van der Waals surface area contributed by atoms with E-state index >= 15 is 0 Å². The largest absolute Gasteiger partial charge is 0.497 e. The number of carbonyl (C=O) groups excluding carboxylic acids is 2. The van der Waals surface area contributed by atoms with Gasteiger partial charge >= 0.3 is 5.97 Å². The molecule has 2 atom stereocenters. The molecule has 1 saturated heterocycles. The Labute approximate surface area is 134 Å². The van der Waals surface area contributed by atoms with Crippen LogP contribution in [-0.2, 0) is 14.3 Å². The van der Waals surface area contributed by atoms with Crippen LogP contribution in [0.15, 0.2) is 54.6 Å². The van der Waals surface area contributed by atoms with E-state index in [1.807, 2.05) is 30.3 Å². The molecule has 1 N–H and O–H groups in total. The van der Waals surface area contributed by atoms with Gasteiger partial charge in [0.1, 0.15) is 17.8 Å². The van der Waals surface area contributed by atoms with E-state index in [2.05, 4.69) is 5.32 Å². The Morgan fingerprint density at radius 2 is 1.96 bits per heavy atom. The summed E-state index contributed by atoms with van der Waals surface area (Å²) in [5, 5.41) is 2.74. The fraction of sp³-hybridized carbons (Fsp3) is 0.222. The summed E-state index contributed by atoms with van der Waals surface area (Å²) in [4.78, 5) is 24.4. The number of esters is 1. The average Bonchev–Trinajstić information content (AvgIpc) is 2.98. The fourth-order valence-corrected chi connectivity index (χ4v) is 2.60. The minimum absolute atomic E-state index is 0.346. The molecule has 2 aromatic carbocycles. The van der Waals surface area contributed by atoms with Crippen LogP contribution >= 0.6 is 0 Å². The second kappa shape index (κ2) is 6.52. The van der Waals surface area contributed by atoms with Gasteiger partial charge in [0, 0.05) is 18.2 Å². The highest BCUT2D eigenvalue weighted by Crippen LogP contribution is 2.34. The Hall–Kier alpha value is -2.82. The SMILES string of the molecule is COc1cccc(NC(=O)[C@H]2C[C@@H](c3ccccc3)OC2=O)c1. The summed E-state index contributed by atoms with van der Waals surface area (Å²) in [5.74, 6) is -1.01. The van der Waals surface area contributed by atoms with Crippen molar-refractivity contribution in [2.24, 2.45) is 5.92 Å². The number of cyclic esters (lactones) is 1. The minimum atomic E-state index is -0.800. The zero-order valence-corrected chi connectivity index (χ0v) is 12.7. The van der Waals surface area contributed by atoms with Crippen LogP contribution < -0.4 is 10.1 Å². The van der Waals surface area contributed by atoms with E-state index in [0.29, 0.717) is 17.9 Å². The predicted octanol–water partition coefficient (Wildman–Crippen LogP) is 2.94. The number of methoxy groups -OCH3 is 1. The quantitative estimate of drug-likeness (QED) is 0.696. The monoisotopic (exact) mass is 311 g/mol. The summed E-state index contributed by atoms with van der Waals surface area (Å²) in [6, 6.07) is 16.4. The smallest absolute Gasteiger partial charge is 0.319 e. The van der Waals surface area contributed by atoms with E-state index in [4.69, 9.17) is 9.47 Å². The van der Waals surface area contributed by atoms with Crippen molar-refractivity contribution in [3.05, 3.63) is 60.2 Å². The third-order valence-corrected chi connectivity index (χ3v) is 3.82. The summed E-state index contributed by atoms with van der Waals surface area (Å²) in [6.45, 7) is 0. The molecule has 0 saturated carbocycles. The molecule has 23 heavy (non-hydrogen) atoms. The molecular weight excluding hydrogens is 294 g/mol. The van der Waals surface area contributed by atoms with Crippen LogP contribution in [0.1, 0.15) is 18.1 Å². The molecule has 0 bridgehead atoms. The summed E-state index contributed by atoms with van der Waals surface area (Å²) in [5.41, 5.74) is 1.49. The zero-order chi connectivity index (χ0) is 16.2. The van der Waals surface area contributed by atoms with Crippen molar-refractivity contribution in [1.29, 1.82) is 0 Å². The van der Waals surface area contributed by atoms with E-state index in [-0.39, 0.29) is 12.0 Å². The Balaban J connectivity index is 1.69. The van der Waals surface area contributed by atoms with Gasteiger partial charge < -0.3 is 14.8 Å². The third-order valence-electron chi connectivity index (χ3n) is 3.82. The van der Waals surface area contributed by atoms with Crippen LogP contribution in [0, 0.1) is 5.92 Å². The molecule has 118 valence electrons. The molecule has 3 rings (SSSR count). The van der Waals surface area contributed by atoms with Crippen molar-refractivity contribution >= 4 is 17.6 Å². The van der Waals surface area contributed by atoms with E-state index in [9.17, 15) is 9.59 Å². The van der Waals surface area contributed by atoms with Gasteiger partial charge in [-0.3, -0.25) is 9.59 Å². The molecule has 1 aliphatic heterocycles. The Bertz CT molecular complexity index is 714. The number of amides is 1. The van der Waals surface area contributed by atoms with Crippen LogP contribution in [-0.4, -0.2) is 19.0 Å². The number of hydrogen-bond acceptors (Lipinski definition) is 4. The lowest BCUT2D eigenvalue weighted by molar-refractivity contribution is -0.146. The van der Waals surface area contributed by atoms with Crippen molar-refractivity contribution in [2.45, 2.75) is 12.5 Å². The molecule has 2 aromatic rings. The highest BCUT2D eigenvalue weighted by molar-refractivity contribution is 6.05. The van der Waals surface area contributed by atoms with Gasteiger partial charge in [-0.05, 0) is 17.7 Å². The minimum Gasteiger partial charge on any atom is -0.497 e. The lowest BCUT2D eigenvalue weighted by atomic mass is 9.99. The topological polar surface area (TPSA) is 64.6 Å². The first kappa shape index (κ1) is 15.1. The first-order valence-corrected chi connectivity index (χ1v) is 7.38. The second-order valence-corrected chi connectivity index (χ2v) is 5.35. The Kier molecular flexibility index (Phi) is 4.28. The molecule has 0 aromatic heterocycles. The number of nitrogens with one attached hydrogen (secondary N) is 1. The van der Waals surface area contributed by atoms with Crippen LogP contribution in [0.3, 0.4) is 0 Å². The van der Waals surface area contributed by atoms with Crippen LogP contribution in [0.25, 0.3) is 0 Å². The summed E-state index contributed by atoms with van der Waals surface area (Å²) in [7, 11) is 1.56. The van der Waals surface area contributed by atoms with E-state index < -0.39 is 11.9 Å². The lowest BCUT2D eigenvalue weighted by Crippen LogP contribution is -2.26. The molecular formula is C18H17NO4. The number of anilines is 1. The molecule has 5 heteroatoms. The van der Waals surface area contributed by atoms with Gasteiger partial charge in [-0.2, -0.15) is 0 Å². The lowest BCUT2D eigenvalue weighted by Gasteiger charge is -2.09. The predicted molar refractivity (Wildman–Crippen MR) is 85.0 cm³/mol. The van der Waals surface area contributed by atoms with E-state index in [1.165, 1.54) is 0 Å². The van der Waals surface area contributed by atoms with Gasteiger partial charge in [0.25, 0.3) is 0 Å². The summed E-state index contributed by atoms with van der Waals surface area (Å²) in [6.07, 6.45) is -0.0247. The fourth-order valence-electron chi connectivity index (χ4n) is 2.60. The van der Waals surface area contributed by atoms with Crippen LogP contribution in [0.2, 0.25) is 0 Å². The van der Waals surface area contributed by atoms with Gasteiger partial charge in [-0.1, -0.05) is 36.4 Å². The van der Waals surface area contributed by atoms with Gasteiger partial charge in [0.15, 0.2) is 0 Å². The first-order valence-electron chi connectivity index (χ1n) is 7.38. The highest BCUT2D eigenvalue weighted by Gasteiger charge is 2.40. The van der Waals surface area contributed by atoms with Crippen LogP contribution in [0.5, 0.6) is 5.75 Å². The van der Waals surface area contributed by atoms with Crippen molar-refractivity contribution < 1.29 is 19.1 Å². The van der Waals surface area contributed by atoms with Gasteiger partial charge in [-0.15, -0.1) is 0 Å². The summed E-state index contributed by atoms with van der Waals surface area (Å²) < 4.78 is 10.5. The van der Waals surface area contributed by atoms with Crippen molar-refractivity contribution in [3.8, 4) is 5.75 Å². The highest BCUT2D eigenvalue weighted by atomic mass is 16.6. The number of rotatable bonds is 4. The Morgan fingerprint density at radius 1 is 1.17 bits per heavy atom. The van der Waals surface area contributed by atoms with Crippen molar-refractivity contribution in [1.82, 2.24) is 0 Å². The molecule has 0 aliphatic carbocycles. The standard InChI is InChI=1S/C18H17NO4/c1-22-14-9-5-8-13(10-14)19-17(20)15-11-16(23-18(15)21)12-6-3-2-4-7-12/h2-10,15-16H,11H2,1H3,(H,19,20)/t15-,16+/m1/s1. The molecule has 0 spiro atoms. The number of benzene rings is 2. The second-order valence-electron chi connectivity index (χ2n) is 5.35. The van der Waals surface area contributed by atoms with Crippen molar-refractivity contribution in [2.75, 3.05) is 12.4 Å². The van der Waals surface area contributed by atoms with Gasteiger partial charge in [0.2, 0.25) is 5.91 Å². The van der Waals surface area contributed by atoms with Crippen LogP contribution in [0.4, 0.5) is 5.69 Å². The van der Waals surface area contributed by atoms with Gasteiger partial charge in [-0.25, -0.2) is 0 Å². The molecule has 1 heterocycles. The zero-order valence-electron chi connectivity index (χ0n) is 12.7. The summed E-state index contributed by atoms with van der Waals surface area (Å²) >= 11 is 0. The molecule has 0 radical (unpaired) electrons. The normalized spacial score (nSPS) is 20.0. The number of carbonyl (C=O) groups is 2. The third kappa shape index (κ3) is 3.34. The average molecular weight is 311 g/mol. The maximum absolute atomic E-state index is 12.3. The molecule has 1 amide bonds. The first-order chi connectivity index (χ1) is 11.2. The van der Waals surface area contributed by atoms with E-state index in [1.54, 1.807) is 31.4 Å². The maximum Gasteiger partial charge on any atom is 0.319 e. The maximum atomic E-state index is 12.3. The molecule has 5 nitrogen and oxygen atoms in total. The molecule has 0 unspecified atom stereocenters. The molecule has 1 aliphatic rings.